The Balaban J connectivity index is 2.29. The van der Waals surface area contributed by atoms with Gasteiger partial charge in [0.2, 0.25) is 0 Å². The van der Waals surface area contributed by atoms with Crippen molar-refractivity contribution in [1.82, 2.24) is 0 Å². The fourth-order valence-electron chi connectivity index (χ4n) is 2.76. The van der Waals surface area contributed by atoms with Crippen LogP contribution in [0.3, 0.4) is 0 Å². The van der Waals surface area contributed by atoms with E-state index in [4.69, 9.17) is 4.18 Å². The van der Waals surface area contributed by atoms with Gasteiger partial charge in [0.15, 0.2) is 0 Å². The van der Waals surface area contributed by atoms with E-state index in [9.17, 15) is 13.2 Å². The molecule has 0 aliphatic rings. The topological polar surface area (TPSA) is 60.4 Å². The summed E-state index contributed by atoms with van der Waals surface area (Å²) in [7, 11) is -3.91. The van der Waals surface area contributed by atoms with Gasteiger partial charge in [-0.05, 0) is 81.0 Å². The zero-order chi connectivity index (χ0) is 18.8. The van der Waals surface area contributed by atoms with E-state index in [1.165, 1.54) is 0 Å². The van der Waals surface area contributed by atoms with Crippen molar-refractivity contribution in [3.05, 3.63) is 58.1 Å². The van der Waals surface area contributed by atoms with Crippen molar-refractivity contribution in [2.24, 2.45) is 0 Å². The van der Waals surface area contributed by atoms with Gasteiger partial charge in [-0.25, -0.2) is 0 Å². The number of aryl methyl sites for hydroxylation is 3. The van der Waals surface area contributed by atoms with Crippen molar-refractivity contribution in [3.63, 3.8) is 0 Å². The first-order valence-electron chi connectivity index (χ1n) is 8.22. The molecule has 2 aromatic rings. The molecule has 0 aliphatic carbocycles. The van der Waals surface area contributed by atoms with Crippen molar-refractivity contribution in [2.45, 2.75) is 52.4 Å². The molecule has 0 bridgehead atoms. The number of Topliss-reactive ketones (excluding diaryl/α,β-unsaturated/α-hetero) is 1. The Hall–Kier alpha value is -2.14. The Morgan fingerprint density at radius 1 is 0.960 bits per heavy atom. The maximum absolute atomic E-state index is 12.8. The average molecular weight is 360 g/mol. The first-order valence-corrected chi connectivity index (χ1v) is 9.63. The standard InChI is InChI=1S/C20H24O4S/c1-13-12-14(2)17(5)20(16(13)4)25(22,23)24-19-10-8-18(9-11-19)7-6-15(3)21/h8-12H,6-7H2,1-5H3. The van der Waals surface area contributed by atoms with Crippen molar-refractivity contribution in [2.75, 3.05) is 0 Å². The van der Waals surface area contributed by atoms with Crippen LogP contribution in [0.2, 0.25) is 0 Å². The predicted octanol–water partition coefficient (Wildman–Crippen LogP) is 4.21. The molecule has 0 saturated carbocycles. The summed E-state index contributed by atoms with van der Waals surface area (Å²) in [5.74, 6) is 0.396. The molecule has 2 aromatic carbocycles. The Kier molecular flexibility index (Phi) is 5.68. The molecule has 0 heterocycles. The molecule has 0 fully saturated rings. The van der Waals surface area contributed by atoms with Crippen LogP contribution in [0.25, 0.3) is 0 Å². The lowest BCUT2D eigenvalue weighted by molar-refractivity contribution is -0.116. The van der Waals surface area contributed by atoms with Crippen LogP contribution in [0.5, 0.6) is 5.75 Å². The molecule has 0 aliphatic heterocycles. The summed E-state index contributed by atoms with van der Waals surface area (Å²) in [4.78, 5) is 11.3. The van der Waals surface area contributed by atoms with Crippen LogP contribution in [0, 0.1) is 27.7 Å². The highest BCUT2D eigenvalue weighted by Gasteiger charge is 2.24. The Bertz CT molecular complexity index is 868. The van der Waals surface area contributed by atoms with Crippen LogP contribution in [-0.4, -0.2) is 14.2 Å². The van der Waals surface area contributed by atoms with Crippen LogP contribution >= 0.6 is 0 Å². The molecular weight excluding hydrogens is 336 g/mol. The van der Waals surface area contributed by atoms with Gasteiger partial charge >= 0.3 is 10.1 Å². The van der Waals surface area contributed by atoms with Gasteiger partial charge < -0.3 is 8.98 Å². The van der Waals surface area contributed by atoms with E-state index in [0.29, 0.717) is 24.0 Å². The van der Waals surface area contributed by atoms with Gasteiger partial charge in [-0.1, -0.05) is 18.2 Å². The number of carbonyl (C=O) groups excluding carboxylic acids is 1. The predicted molar refractivity (Wildman–Crippen MR) is 98.6 cm³/mol. The molecule has 4 nitrogen and oxygen atoms in total. The quantitative estimate of drug-likeness (QED) is 0.724. The van der Waals surface area contributed by atoms with Crippen LogP contribution in [-0.2, 0) is 21.3 Å². The van der Waals surface area contributed by atoms with Crippen molar-refractivity contribution in [3.8, 4) is 5.75 Å². The number of ketones is 1. The zero-order valence-electron chi connectivity index (χ0n) is 15.3. The maximum Gasteiger partial charge on any atom is 0.339 e. The molecule has 0 N–H and O–H groups in total. The largest absolute Gasteiger partial charge is 0.379 e. The lowest BCUT2D eigenvalue weighted by Gasteiger charge is -2.16. The van der Waals surface area contributed by atoms with E-state index in [1.54, 1.807) is 45.0 Å². The van der Waals surface area contributed by atoms with Crippen LogP contribution < -0.4 is 4.18 Å². The summed E-state index contributed by atoms with van der Waals surface area (Å²) in [5, 5.41) is 0. The molecule has 0 amide bonds. The smallest absolute Gasteiger partial charge is 0.339 e. The van der Waals surface area contributed by atoms with Gasteiger partial charge in [0.05, 0.1) is 0 Å². The molecule has 0 saturated heterocycles. The highest BCUT2D eigenvalue weighted by molar-refractivity contribution is 7.87. The minimum Gasteiger partial charge on any atom is -0.379 e. The van der Waals surface area contributed by atoms with Gasteiger partial charge in [0.1, 0.15) is 16.4 Å². The molecular formula is C20H24O4S. The van der Waals surface area contributed by atoms with E-state index in [2.05, 4.69) is 0 Å². The molecule has 0 radical (unpaired) electrons. The van der Waals surface area contributed by atoms with Crippen LogP contribution in [0.15, 0.2) is 35.2 Å². The fraction of sp³-hybridized carbons (Fsp3) is 0.350. The van der Waals surface area contributed by atoms with Crippen molar-refractivity contribution < 1.29 is 17.4 Å². The second kappa shape index (κ2) is 7.40. The normalized spacial score (nSPS) is 11.4. The van der Waals surface area contributed by atoms with E-state index >= 15 is 0 Å². The summed E-state index contributed by atoms with van der Waals surface area (Å²) in [6.45, 7) is 8.93. The van der Waals surface area contributed by atoms with Gasteiger partial charge in [-0.2, -0.15) is 8.42 Å². The highest BCUT2D eigenvalue weighted by atomic mass is 32.2. The van der Waals surface area contributed by atoms with Crippen LogP contribution in [0.4, 0.5) is 0 Å². The van der Waals surface area contributed by atoms with Gasteiger partial charge in [0.25, 0.3) is 0 Å². The minimum atomic E-state index is -3.91. The van der Waals surface area contributed by atoms with E-state index < -0.39 is 10.1 Å². The minimum absolute atomic E-state index is 0.128. The maximum atomic E-state index is 12.8. The monoisotopic (exact) mass is 360 g/mol. The molecule has 5 heteroatoms. The lowest BCUT2D eigenvalue weighted by Crippen LogP contribution is -2.14. The summed E-state index contributed by atoms with van der Waals surface area (Å²) in [6, 6.07) is 8.80. The number of rotatable bonds is 6. The van der Waals surface area contributed by atoms with E-state index in [-0.39, 0.29) is 16.4 Å². The molecule has 25 heavy (non-hydrogen) atoms. The van der Waals surface area contributed by atoms with Gasteiger partial charge in [0, 0.05) is 6.42 Å². The SMILES string of the molecule is CC(=O)CCc1ccc(OS(=O)(=O)c2c(C)c(C)cc(C)c2C)cc1. The Labute approximate surface area is 150 Å². The Morgan fingerprint density at radius 3 is 1.96 bits per heavy atom. The number of benzene rings is 2. The molecule has 2 rings (SSSR count). The summed E-state index contributed by atoms with van der Waals surface area (Å²) < 4.78 is 30.9. The molecule has 0 atom stereocenters. The third-order valence-electron chi connectivity index (χ3n) is 4.44. The first kappa shape index (κ1) is 19.2. The highest BCUT2D eigenvalue weighted by Crippen LogP contribution is 2.28. The third-order valence-corrected chi connectivity index (χ3v) is 5.97. The second-order valence-electron chi connectivity index (χ2n) is 6.47. The van der Waals surface area contributed by atoms with E-state index in [1.807, 2.05) is 19.9 Å². The molecule has 0 aromatic heterocycles. The Morgan fingerprint density at radius 2 is 1.48 bits per heavy atom. The van der Waals surface area contributed by atoms with Gasteiger partial charge in [-0.15, -0.1) is 0 Å². The summed E-state index contributed by atoms with van der Waals surface area (Å²) in [6.07, 6.45) is 1.11. The van der Waals surface area contributed by atoms with Crippen molar-refractivity contribution in [1.29, 1.82) is 0 Å². The number of carbonyl (C=O) groups is 1. The number of hydrogen-bond donors (Lipinski definition) is 0. The van der Waals surface area contributed by atoms with E-state index in [0.717, 1.165) is 16.7 Å². The number of hydrogen-bond acceptors (Lipinski definition) is 4. The summed E-state index contributed by atoms with van der Waals surface area (Å²) >= 11 is 0. The van der Waals surface area contributed by atoms with Crippen molar-refractivity contribution >= 4 is 15.9 Å². The zero-order valence-corrected chi connectivity index (χ0v) is 16.2. The summed E-state index contributed by atoms with van der Waals surface area (Å²) in [5.41, 5.74) is 4.23. The third kappa shape index (κ3) is 4.48. The fourth-order valence-corrected chi connectivity index (χ4v) is 4.28. The lowest BCUT2D eigenvalue weighted by atomic mass is 10.0. The van der Waals surface area contributed by atoms with Gasteiger partial charge in [-0.3, -0.25) is 0 Å². The molecule has 0 unspecified atom stereocenters. The van der Waals surface area contributed by atoms with Crippen LogP contribution in [0.1, 0.15) is 41.2 Å². The molecule has 0 spiro atoms. The average Bonchev–Trinajstić information content (AvgIpc) is 2.52. The molecule has 134 valence electrons. The second-order valence-corrected chi connectivity index (χ2v) is 7.96. The first-order chi connectivity index (χ1) is 11.6.